The summed E-state index contributed by atoms with van der Waals surface area (Å²) in [6.07, 6.45) is 5.03. The van der Waals surface area contributed by atoms with Gasteiger partial charge in [0.15, 0.2) is 0 Å². The molecule has 2 bridgehead atoms. The summed E-state index contributed by atoms with van der Waals surface area (Å²) in [5.74, 6) is 1.45. The van der Waals surface area contributed by atoms with Gasteiger partial charge >= 0.3 is 0 Å². The first-order chi connectivity index (χ1) is 8.06. The molecule has 0 radical (unpaired) electrons. The predicted octanol–water partition coefficient (Wildman–Crippen LogP) is 3.01. The summed E-state index contributed by atoms with van der Waals surface area (Å²) < 4.78 is 6.09. The Balaban J connectivity index is 2.34. The molecule has 0 aromatic heterocycles. The van der Waals surface area contributed by atoms with Crippen LogP contribution in [0.15, 0.2) is 11.6 Å². The van der Waals surface area contributed by atoms with Gasteiger partial charge in [-0.05, 0) is 25.2 Å². The van der Waals surface area contributed by atoms with Crippen LogP contribution in [0.5, 0.6) is 0 Å². The lowest BCUT2D eigenvalue weighted by Gasteiger charge is -2.55. The van der Waals surface area contributed by atoms with Crippen LogP contribution in [0.2, 0.25) is 0 Å². The summed E-state index contributed by atoms with van der Waals surface area (Å²) in [5.41, 5.74) is 1.42. The molecular weight excluding hydrogens is 212 g/mol. The fourth-order valence-corrected chi connectivity index (χ4v) is 3.96. The molecule has 17 heavy (non-hydrogen) atoms. The van der Waals surface area contributed by atoms with E-state index < -0.39 is 0 Å². The molecule has 1 aliphatic heterocycles. The monoisotopic (exact) mass is 238 g/mol. The van der Waals surface area contributed by atoms with Crippen molar-refractivity contribution in [3.05, 3.63) is 11.6 Å². The minimum absolute atomic E-state index is 0.0472. The number of ether oxygens (including phenoxy) is 1. The number of fused-ring (bicyclic) bond motifs is 2. The summed E-state index contributed by atoms with van der Waals surface area (Å²) in [7, 11) is 0. The second kappa shape index (κ2) is 4.74. The summed E-state index contributed by atoms with van der Waals surface area (Å²) in [6.45, 7) is 9.93. The van der Waals surface area contributed by atoms with Gasteiger partial charge in [0, 0.05) is 11.3 Å². The summed E-state index contributed by atoms with van der Waals surface area (Å²) in [6, 6.07) is 0. The van der Waals surface area contributed by atoms with Crippen molar-refractivity contribution in [2.45, 2.75) is 46.6 Å². The lowest BCUT2D eigenvalue weighted by Crippen LogP contribution is -2.56. The van der Waals surface area contributed by atoms with Gasteiger partial charge in [0.2, 0.25) is 0 Å². The van der Waals surface area contributed by atoms with Gasteiger partial charge in [-0.15, -0.1) is 0 Å². The fraction of sp³-hybridized carbons (Fsp3) is 0.867. The molecule has 1 heterocycles. The van der Waals surface area contributed by atoms with Crippen LogP contribution in [-0.2, 0) is 4.74 Å². The van der Waals surface area contributed by atoms with Crippen molar-refractivity contribution >= 4 is 0 Å². The molecule has 1 fully saturated rings. The van der Waals surface area contributed by atoms with Crippen LogP contribution >= 0.6 is 0 Å². The van der Waals surface area contributed by atoms with Gasteiger partial charge in [-0.25, -0.2) is 0 Å². The number of aliphatic hydroxyl groups is 1. The quantitative estimate of drug-likeness (QED) is 0.766. The highest BCUT2D eigenvalue weighted by atomic mass is 16.5. The van der Waals surface area contributed by atoms with E-state index in [0.29, 0.717) is 23.9 Å². The lowest BCUT2D eigenvalue weighted by molar-refractivity contribution is -0.164. The van der Waals surface area contributed by atoms with E-state index in [9.17, 15) is 5.11 Å². The lowest BCUT2D eigenvalue weighted by atomic mass is 9.56. The highest BCUT2D eigenvalue weighted by molar-refractivity contribution is 5.20. The van der Waals surface area contributed by atoms with Crippen molar-refractivity contribution in [3.63, 3.8) is 0 Å². The van der Waals surface area contributed by atoms with E-state index in [1.807, 2.05) is 0 Å². The van der Waals surface area contributed by atoms with Gasteiger partial charge in [0.25, 0.3) is 0 Å². The molecule has 2 heteroatoms. The van der Waals surface area contributed by atoms with Gasteiger partial charge in [-0.3, -0.25) is 0 Å². The van der Waals surface area contributed by atoms with Gasteiger partial charge in [-0.1, -0.05) is 38.8 Å². The van der Waals surface area contributed by atoms with Crippen molar-refractivity contribution in [3.8, 4) is 0 Å². The SMILES string of the molecule is CCC[C@@H]1OC[C@@]2(CO)[C@H](C)C=C(C)[C@H]1[C@H]2C. The number of hydrogen-bond acceptors (Lipinski definition) is 2. The first-order valence-corrected chi connectivity index (χ1v) is 6.97. The van der Waals surface area contributed by atoms with E-state index in [4.69, 9.17) is 4.74 Å². The Kier molecular flexibility index (Phi) is 3.65. The molecular formula is C15H26O2. The third-order valence-corrected chi connectivity index (χ3v) is 5.23. The first-order valence-electron chi connectivity index (χ1n) is 6.97. The maximum absolute atomic E-state index is 9.83. The second-order valence-corrected chi connectivity index (χ2v) is 6.04. The molecule has 2 nitrogen and oxygen atoms in total. The normalized spacial score (nSPS) is 45.6. The van der Waals surface area contributed by atoms with E-state index in [-0.39, 0.29) is 12.0 Å². The van der Waals surface area contributed by atoms with Crippen molar-refractivity contribution in [2.75, 3.05) is 13.2 Å². The summed E-state index contributed by atoms with van der Waals surface area (Å²) in [5, 5.41) is 9.83. The Labute approximate surface area is 105 Å². The molecule has 2 aliphatic rings. The topological polar surface area (TPSA) is 29.5 Å². The molecule has 0 amide bonds. The first kappa shape index (κ1) is 13.1. The maximum Gasteiger partial charge on any atom is 0.0643 e. The standard InChI is InChI=1S/C15H26O2/c1-5-6-13-14-10(2)7-11(3)15(8-16,9-17-13)12(14)4/h7,11-14,16H,5-6,8-9H2,1-4H3/t11-,12-,13+,14+,15+/m1/s1. The van der Waals surface area contributed by atoms with E-state index in [0.717, 1.165) is 13.0 Å². The van der Waals surface area contributed by atoms with Crippen molar-refractivity contribution in [1.82, 2.24) is 0 Å². The van der Waals surface area contributed by atoms with Crippen molar-refractivity contribution < 1.29 is 9.84 Å². The van der Waals surface area contributed by atoms with Gasteiger partial charge in [0.1, 0.15) is 0 Å². The molecule has 0 saturated carbocycles. The molecule has 0 spiro atoms. The third kappa shape index (κ3) is 1.86. The second-order valence-electron chi connectivity index (χ2n) is 6.04. The minimum atomic E-state index is -0.0472. The molecule has 0 unspecified atom stereocenters. The third-order valence-electron chi connectivity index (χ3n) is 5.23. The predicted molar refractivity (Wildman–Crippen MR) is 69.7 cm³/mol. The average Bonchev–Trinajstić information content (AvgIpc) is 2.28. The number of allylic oxidation sites excluding steroid dienone is 1. The molecule has 98 valence electrons. The zero-order chi connectivity index (χ0) is 12.6. The van der Waals surface area contributed by atoms with E-state index in [2.05, 4.69) is 33.8 Å². The Morgan fingerprint density at radius 3 is 2.76 bits per heavy atom. The molecule has 0 aromatic carbocycles. The van der Waals surface area contributed by atoms with Crippen LogP contribution in [0.25, 0.3) is 0 Å². The smallest absolute Gasteiger partial charge is 0.0643 e. The summed E-state index contributed by atoms with van der Waals surface area (Å²) in [4.78, 5) is 0. The molecule has 1 N–H and O–H groups in total. The molecule has 1 aliphatic carbocycles. The van der Waals surface area contributed by atoms with Crippen LogP contribution in [-0.4, -0.2) is 24.4 Å². The Bertz CT molecular complexity index is 310. The van der Waals surface area contributed by atoms with Gasteiger partial charge in [0.05, 0.1) is 19.3 Å². The maximum atomic E-state index is 9.83. The zero-order valence-electron chi connectivity index (χ0n) is 11.6. The molecule has 5 atom stereocenters. The molecule has 2 rings (SSSR count). The van der Waals surface area contributed by atoms with Crippen LogP contribution in [0, 0.1) is 23.2 Å². The number of aliphatic hydroxyl groups excluding tert-OH is 1. The Morgan fingerprint density at radius 1 is 1.47 bits per heavy atom. The highest BCUT2D eigenvalue weighted by Gasteiger charge is 2.52. The van der Waals surface area contributed by atoms with Crippen LogP contribution < -0.4 is 0 Å². The minimum Gasteiger partial charge on any atom is -0.396 e. The van der Waals surface area contributed by atoms with Gasteiger partial charge in [-0.2, -0.15) is 0 Å². The Morgan fingerprint density at radius 2 is 2.18 bits per heavy atom. The van der Waals surface area contributed by atoms with Crippen LogP contribution in [0.4, 0.5) is 0 Å². The largest absolute Gasteiger partial charge is 0.396 e. The Hall–Kier alpha value is -0.340. The highest BCUT2D eigenvalue weighted by Crippen LogP contribution is 2.52. The number of rotatable bonds is 3. The molecule has 1 saturated heterocycles. The van der Waals surface area contributed by atoms with Gasteiger partial charge < -0.3 is 9.84 Å². The van der Waals surface area contributed by atoms with Crippen LogP contribution in [0.3, 0.4) is 0 Å². The van der Waals surface area contributed by atoms with Crippen LogP contribution in [0.1, 0.15) is 40.5 Å². The van der Waals surface area contributed by atoms with E-state index in [1.54, 1.807) is 0 Å². The number of hydrogen-bond donors (Lipinski definition) is 1. The van der Waals surface area contributed by atoms with Crippen molar-refractivity contribution in [2.24, 2.45) is 23.2 Å². The fourth-order valence-electron chi connectivity index (χ4n) is 3.96. The average molecular weight is 238 g/mol. The van der Waals surface area contributed by atoms with Crippen molar-refractivity contribution in [1.29, 1.82) is 0 Å². The molecule has 0 aromatic rings. The zero-order valence-corrected chi connectivity index (χ0v) is 11.6. The summed E-state index contributed by atoms with van der Waals surface area (Å²) >= 11 is 0. The van der Waals surface area contributed by atoms with E-state index in [1.165, 1.54) is 12.0 Å². The van der Waals surface area contributed by atoms with E-state index >= 15 is 0 Å².